The molecule has 0 saturated heterocycles. The second kappa shape index (κ2) is 4.57. The third-order valence-corrected chi connectivity index (χ3v) is 3.81. The molecular weight excluding hydrogens is 230 g/mol. The number of hydrogen-bond acceptors (Lipinski definition) is 4. The molecule has 1 aromatic heterocycles. The highest BCUT2D eigenvalue weighted by molar-refractivity contribution is 5.95. The lowest BCUT2D eigenvalue weighted by molar-refractivity contribution is -0.0942. The Kier molecular flexibility index (Phi) is 3.26. The fourth-order valence-corrected chi connectivity index (χ4v) is 2.36. The van der Waals surface area contributed by atoms with Crippen molar-refractivity contribution >= 4 is 11.7 Å². The van der Waals surface area contributed by atoms with Crippen LogP contribution >= 0.6 is 0 Å². The van der Waals surface area contributed by atoms with Gasteiger partial charge in [0.25, 0.3) is 5.91 Å². The first-order valence-corrected chi connectivity index (χ1v) is 6.00. The molecule has 98 valence electrons. The van der Waals surface area contributed by atoms with Crippen LogP contribution in [0, 0.1) is 5.41 Å². The molecule has 5 heteroatoms. The van der Waals surface area contributed by atoms with E-state index in [0.717, 1.165) is 6.42 Å². The number of pyridine rings is 1. The zero-order chi connectivity index (χ0) is 13.3. The van der Waals surface area contributed by atoms with E-state index in [-0.39, 0.29) is 23.5 Å². The molecule has 1 aliphatic carbocycles. The van der Waals surface area contributed by atoms with Crippen LogP contribution in [0.1, 0.15) is 30.6 Å². The third kappa shape index (κ3) is 2.18. The Balaban J connectivity index is 2.01. The lowest BCUT2D eigenvalue weighted by Gasteiger charge is -2.51. The summed E-state index contributed by atoms with van der Waals surface area (Å²) in [7, 11) is 1.70. The summed E-state index contributed by atoms with van der Waals surface area (Å²) >= 11 is 0. The van der Waals surface area contributed by atoms with Gasteiger partial charge in [0.15, 0.2) is 0 Å². The maximum atomic E-state index is 12.0. The Morgan fingerprint density at radius 2 is 2.33 bits per heavy atom. The highest BCUT2D eigenvalue weighted by Crippen LogP contribution is 2.42. The molecule has 0 aromatic carbocycles. The molecule has 1 amide bonds. The fourth-order valence-electron chi connectivity index (χ4n) is 2.36. The number of nitrogens with zero attached hydrogens (tertiary/aromatic N) is 1. The van der Waals surface area contributed by atoms with Crippen molar-refractivity contribution in [2.24, 2.45) is 5.41 Å². The molecule has 2 atom stereocenters. The number of aromatic nitrogens is 1. The second-order valence-corrected chi connectivity index (χ2v) is 5.28. The van der Waals surface area contributed by atoms with E-state index in [1.165, 1.54) is 6.20 Å². The highest BCUT2D eigenvalue weighted by Gasteiger charge is 2.49. The number of anilines is 1. The Morgan fingerprint density at radius 3 is 2.89 bits per heavy atom. The number of rotatable bonds is 3. The normalized spacial score (nSPS) is 25.3. The molecule has 1 fully saturated rings. The molecule has 1 aliphatic rings. The van der Waals surface area contributed by atoms with Crippen molar-refractivity contribution in [3.05, 3.63) is 23.9 Å². The SMILES string of the molecule is COC1CC(NC(=O)c2ccnc(N)c2)C1(C)C. The summed E-state index contributed by atoms with van der Waals surface area (Å²) < 4.78 is 5.36. The number of amides is 1. The van der Waals surface area contributed by atoms with Crippen molar-refractivity contribution in [2.75, 3.05) is 12.8 Å². The number of ether oxygens (including phenoxy) is 1. The molecule has 1 heterocycles. The molecule has 2 unspecified atom stereocenters. The molecule has 1 aromatic rings. The number of hydrogen-bond donors (Lipinski definition) is 2. The topological polar surface area (TPSA) is 77.2 Å². The van der Waals surface area contributed by atoms with E-state index in [1.807, 2.05) is 0 Å². The van der Waals surface area contributed by atoms with Crippen molar-refractivity contribution in [3.63, 3.8) is 0 Å². The van der Waals surface area contributed by atoms with Crippen LogP contribution in [0.3, 0.4) is 0 Å². The van der Waals surface area contributed by atoms with Crippen molar-refractivity contribution < 1.29 is 9.53 Å². The summed E-state index contributed by atoms with van der Waals surface area (Å²) in [6.07, 6.45) is 2.58. The molecule has 3 N–H and O–H groups in total. The van der Waals surface area contributed by atoms with Crippen molar-refractivity contribution in [2.45, 2.75) is 32.4 Å². The van der Waals surface area contributed by atoms with E-state index in [2.05, 4.69) is 24.1 Å². The molecule has 5 nitrogen and oxygen atoms in total. The summed E-state index contributed by atoms with van der Waals surface area (Å²) in [5.74, 6) is 0.238. The molecule has 1 saturated carbocycles. The Labute approximate surface area is 107 Å². The van der Waals surface area contributed by atoms with Crippen LogP contribution in [0.15, 0.2) is 18.3 Å². The Hall–Kier alpha value is -1.62. The molecule has 0 radical (unpaired) electrons. The van der Waals surface area contributed by atoms with Gasteiger partial charge in [0, 0.05) is 30.3 Å². The van der Waals surface area contributed by atoms with Gasteiger partial charge in [0.1, 0.15) is 5.82 Å². The van der Waals surface area contributed by atoms with Crippen LogP contribution < -0.4 is 11.1 Å². The van der Waals surface area contributed by atoms with E-state index in [0.29, 0.717) is 11.4 Å². The standard InChI is InChI=1S/C13H19N3O2/c1-13(2)9(7-10(13)18-3)16-12(17)8-4-5-15-11(14)6-8/h4-6,9-10H,7H2,1-3H3,(H2,14,15)(H,16,17). The monoisotopic (exact) mass is 249 g/mol. The quantitative estimate of drug-likeness (QED) is 0.844. The van der Waals surface area contributed by atoms with Gasteiger partial charge in [-0.15, -0.1) is 0 Å². The van der Waals surface area contributed by atoms with Crippen LogP contribution in [0.5, 0.6) is 0 Å². The molecule has 0 spiro atoms. The maximum absolute atomic E-state index is 12.0. The van der Waals surface area contributed by atoms with E-state index < -0.39 is 0 Å². The van der Waals surface area contributed by atoms with Crippen LogP contribution in [0.4, 0.5) is 5.82 Å². The number of methoxy groups -OCH3 is 1. The van der Waals surface area contributed by atoms with E-state index in [1.54, 1.807) is 19.2 Å². The van der Waals surface area contributed by atoms with Gasteiger partial charge in [-0.05, 0) is 18.6 Å². The molecule has 0 aliphatic heterocycles. The predicted molar refractivity (Wildman–Crippen MR) is 69.1 cm³/mol. The highest BCUT2D eigenvalue weighted by atomic mass is 16.5. The van der Waals surface area contributed by atoms with Gasteiger partial charge in [-0.2, -0.15) is 0 Å². The number of carbonyl (C=O) groups is 1. The third-order valence-electron chi connectivity index (χ3n) is 3.81. The van der Waals surface area contributed by atoms with Crippen LogP contribution in [0.25, 0.3) is 0 Å². The van der Waals surface area contributed by atoms with Gasteiger partial charge in [0.05, 0.1) is 6.10 Å². The minimum Gasteiger partial charge on any atom is -0.384 e. The number of nitrogens with two attached hydrogens (primary N) is 1. The molecular formula is C13H19N3O2. The average molecular weight is 249 g/mol. The summed E-state index contributed by atoms with van der Waals surface area (Å²) in [6, 6.07) is 3.37. The van der Waals surface area contributed by atoms with Crippen LogP contribution in [0.2, 0.25) is 0 Å². The Morgan fingerprint density at radius 1 is 1.61 bits per heavy atom. The first-order chi connectivity index (χ1) is 8.45. The second-order valence-electron chi connectivity index (χ2n) is 5.28. The predicted octanol–water partition coefficient (Wildman–Crippen LogP) is 1.21. The number of nitrogen functional groups attached to an aromatic ring is 1. The van der Waals surface area contributed by atoms with Gasteiger partial charge >= 0.3 is 0 Å². The Bertz CT molecular complexity index is 459. The summed E-state index contributed by atoms with van der Waals surface area (Å²) in [6.45, 7) is 4.19. The maximum Gasteiger partial charge on any atom is 0.251 e. The van der Waals surface area contributed by atoms with E-state index in [4.69, 9.17) is 10.5 Å². The molecule has 0 bridgehead atoms. The van der Waals surface area contributed by atoms with Crippen LogP contribution in [-0.4, -0.2) is 30.1 Å². The first kappa shape index (κ1) is 12.8. The van der Waals surface area contributed by atoms with Gasteiger partial charge in [-0.1, -0.05) is 13.8 Å². The molecule has 2 rings (SSSR count). The van der Waals surface area contributed by atoms with E-state index in [9.17, 15) is 4.79 Å². The van der Waals surface area contributed by atoms with Gasteiger partial charge < -0.3 is 15.8 Å². The summed E-state index contributed by atoms with van der Waals surface area (Å²) in [4.78, 5) is 15.9. The van der Waals surface area contributed by atoms with E-state index >= 15 is 0 Å². The van der Waals surface area contributed by atoms with Gasteiger partial charge in [-0.3, -0.25) is 4.79 Å². The minimum absolute atomic E-state index is 0.0387. The summed E-state index contributed by atoms with van der Waals surface area (Å²) in [5, 5.41) is 3.01. The number of nitrogens with one attached hydrogen (secondary N) is 1. The lowest BCUT2D eigenvalue weighted by Crippen LogP contribution is -2.61. The first-order valence-electron chi connectivity index (χ1n) is 6.00. The van der Waals surface area contributed by atoms with Crippen molar-refractivity contribution in [1.29, 1.82) is 0 Å². The largest absolute Gasteiger partial charge is 0.384 e. The zero-order valence-corrected chi connectivity index (χ0v) is 10.9. The van der Waals surface area contributed by atoms with Gasteiger partial charge in [-0.25, -0.2) is 4.98 Å². The summed E-state index contributed by atoms with van der Waals surface area (Å²) in [5.41, 5.74) is 6.06. The minimum atomic E-state index is -0.114. The average Bonchev–Trinajstić information content (AvgIpc) is 2.33. The van der Waals surface area contributed by atoms with Gasteiger partial charge in [0.2, 0.25) is 0 Å². The van der Waals surface area contributed by atoms with Crippen molar-refractivity contribution in [1.82, 2.24) is 10.3 Å². The van der Waals surface area contributed by atoms with Crippen molar-refractivity contribution in [3.8, 4) is 0 Å². The smallest absolute Gasteiger partial charge is 0.251 e. The zero-order valence-electron chi connectivity index (χ0n) is 10.9. The van der Waals surface area contributed by atoms with Crippen LogP contribution in [-0.2, 0) is 4.74 Å². The lowest BCUT2D eigenvalue weighted by atomic mass is 9.64. The fraction of sp³-hybridized carbons (Fsp3) is 0.538. The molecule has 18 heavy (non-hydrogen) atoms. The number of carbonyl (C=O) groups excluding carboxylic acids is 1.